The van der Waals surface area contributed by atoms with E-state index in [0.29, 0.717) is 38.5 Å². The van der Waals surface area contributed by atoms with Crippen LogP contribution < -0.4 is 15.0 Å². The average Bonchev–Trinajstić information content (AvgIpc) is 2.96. The van der Waals surface area contributed by atoms with Gasteiger partial charge in [-0.2, -0.15) is 18.2 Å². The standard InChI is InChI=1S/C27H30F4N6O2S/c28-20-1-3-21(4-2-20)32-25-19-24(27(29,30)31)33-26(34-25)36-9-11-37(12-10-36)40-23-7-5-22(6-8-23)39-18-15-35-13-16-38-17-14-35/h1-8,19H,9-18H2,(H,32,33,34). The second kappa shape index (κ2) is 13.0. The summed E-state index contributed by atoms with van der Waals surface area (Å²) in [5.74, 6) is 0.370. The van der Waals surface area contributed by atoms with Crippen molar-refractivity contribution in [2.75, 3.05) is 75.9 Å². The first-order valence-corrected chi connectivity index (χ1v) is 13.8. The summed E-state index contributed by atoms with van der Waals surface area (Å²) in [5, 5.41) is 2.82. The maximum atomic E-state index is 13.6. The van der Waals surface area contributed by atoms with Crippen molar-refractivity contribution in [1.29, 1.82) is 0 Å². The van der Waals surface area contributed by atoms with E-state index in [9.17, 15) is 17.6 Å². The number of nitrogens with zero attached hydrogens (tertiary/aromatic N) is 5. The molecule has 13 heteroatoms. The van der Waals surface area contributed by atoms with Gasteiger partial charge in [0, 0.05) is 62.5 Å². The lowest BCUT2D eigenvalue weighted by Crippen LogP contribution is -2.44. The minimum absolute atomic E-state index is 0.00247. The lowest BCUT2D eigenvalue weighted by atomic mass is 10.3. The molecule has 0 aliphatic carbocycles. The molecule has 0 atom stereocenters. The van der Waals surface area contributed by atoms with Gasteiger partial charge in [-0.25, -0.2) is 13.7 Å². The molecule has 0 unspecified atom stereocenters. The molecule has 0 saturated carbocycles. The molecular weight excluding hydrogens is 548 g/mol. The number of piperazine rings is 1. The van der Waals surface area contributed by atoms with Crippen molar-refractivity contribution in [3.63, 3.8) is 0 Å². The number of halogens is 4. The third kappa shape index (κ3) is 7.96. The molecule has 8 nitrogen and oxygen atoms in total. The molecule has 0 amide bonds. The van der Waals surface area contributed by atoms with Crippen molar-refractivity contribution in [1.82, 2.24) is 19.2 Å². The molecule has 0 spiro atoms. The average molecular weight is 579 g/mol. The zero-order valence-electron chi connectivity index (χ0n) is 21.7. The predicted molar refractivity (Wildman–Crippen MR) is 146 cm³/mol. The smallest absolute Gasteiger partial charge is 0.433 e. The minimum Gasteiger partial charge on any atom is -0.492 e. The van der Waals surface area contributed by atoms with Crippen LogP contribution in [0.4, 0.5) is 35.0 Å². The quantitative estimate of drug-likeness (QED) is 0.282. The third-order valence-corrected chi connectivity index (χ3v) is 7.59. The highest BCUT2D eigenvalue weighted by Gasteiger charge is 2.34. The van der Waals surface area contributed by atoms with E-state index in [1.807, 2.05) is 24.3 Å². The Morgan fingerprint density at radius 3 is 2.27 bits per heavy atom. The first-order chi connectivity index (χ1) is 19.3. The number of benzene rings is 2. The van der Waals surface area contributed by atoms with Gasteiger partial charge in [0.15, 0.2) is 5.69 Å². The molecule has 2 aromatic carbocycles. The summed E-state index contributed by atoms with van der Waals surface area (Å²) >= 11 is 1.60. The molecule has 1 N–H and O–H groups in total. The van der Waals surface area contributed by atoms with Crippen LogP contribution >= 0.6 is 11.9 Å². The van der Waals surface area contributed by atoms with Gasteiger partial charge in [-0.1, -0.05) is 0 Å². The lowest BCUT2D eigenvalue weighted by molar-refractivity contribution is -0.141. The molecule has 40 heavy (non-hydrogen) atoms. The lowest BCUT2D eigenvalue weighted by Gasteiger charge is -2.34. The Kier molecular flexibility index (Phi) is 9.25. The van der Waals surface area contributed by atoms with E-state index >= 15 is 0 Å². The van der Waals surface area contributed by atoms with E-state index in [-0.39, 0.29) is 11.8 Å². The van der Waals surface area contributed by atoms with Crippen LogP contribution in [-0.4, -0.2) is 84.8 Å². The molecule has 2 aliphatic rings. The Morgan fingerprint density at radius 2 is 1.60 bits per heavy atom. The third-order valence-electron chi connectivity index (χ3n) is 6.48. The molecule has 0 bridgehead atoms. The van der Waals surface area contributed by atoms with E-state index in [1.165, 1.54) is 24.3 Å². The van der Waals surface area contributed by atoms with E-state index < -0.39 is 17.7 Å². The highest BCUT2D eigenvalue weighted by Crippen LogP contribution is 2.32. The summed E-state index contributed by atoms with van der Waals surface area (Å²) in [6.45, 7) is 7.04. The summed E-state index contributed by atoms with van der Waals surface area (Å²) < 4.78 is 67.4. The Labute approximate surface area is 234 Å². The van der Waals surface area contributed by atoms with Crippen LogP contribution in [0, 0.1) is 5.82 Å². The van der Waals surface area contributed by atoms with Crippen LogP contribution in [0.3, 0.4) is 0 Å². The number of rotatable bonds is 9. The molecule has 214 valence electrons. The Morgan fingerprint density at radius 1 is 0.900 bits per heavy atom. The molecule has 3 aromatic rings. The number of hydrogen-bond acceptors (Lipinski definition) is 9. The maximum absolute atomic E-state index is 13.6. The molecule has 3 heterocycles. The van der Waals surface area contributed by atoms with Gasteiger partial charge >= 0.3 is 6.18 Å². The van der Waals surface area contributed by atoms with Crippen LogP contribution in [0.1, 0.15) is 5.69 Å². The number of anilines is 3. The number of ether oxygens (including phenoxy) is 2. The number of nitrogens with one attached hydrogen (secondary N) is 1. The van der Waals surface area contributed by atoms with Gasteiger partial charge in [0.05, 0.1) is 13.2 Å². The van der Waals surface area contributed by atoms with Crippen molar-refractivity contribution in [3.8, 4) is 5.75 Å². The molecule has 2 saturated heterocycles. The zero-order chi connectivity index (χ0) is 28.0. The van der Waals surface area contributed by atoms with Gasteiger partial charge in [0.25, 0.3) is 0 Å². The maximum Gasteiger partial charge on any atom is 0.433 e. The molecule has 2 fully saturated rings. The number of aromatic nitrogens is 2. The fourth-order valence-electron chi connectivity index (χ4n) is 4.31. The molecular formula is C27H30F4N6O2S. The Bertz CT molecular complexity index is 1240. The monoisotopic (exact) mass is 578 g/mol. The van der Waals surface area contributed by atoms with Gasteiger partial charge in [-0.3, -0.25) is 4.90 Å². The van der Waals surface area contributed by atoms with Crippen LogP contribution in [0.2, 0.25) is 0 Å². The minimum atomic E-state index is -4.63. The highest BCUT2D eigenvalue weighted by atomic mass is 32.2. The van der Waals surface area contributed by atoms with Crippen molar-refractivity contribution >= 4 is 29.4 Å². The van der Waals surface area contributed by atoms with Gasteiger partial charge in [-0.05, 0) is 60.5 Å². The zero-order valence-corrected chi connectivity index (χ0v) is 22.6. The molecule has 0 radical (unpaired) electrons. The second-order valence-corrected chi connectivity index (χ2v) is 10.5. The van der Waals surface area contributed by atoms with Gasteiger partial charge in [-0.15, -0.1) is 0 Å². The summed E-state index contributed by atoms with van der Waals surface area (Å²) in [5.41, 5.74) is -0.611. The fraction of sp³-hybridized carbons (Fsp3) is 0.407. The Balaban J connectivity index is 1.14. The van der Waals surface area contributed by atoms with Crippen LogP contribution in [0.25, 0.3) is 0 Å². The summed E-state index contributed by atoms with van der Waals surface area (Å²) in [4.78, 5) is 13.2. The normalized spacial score (nSPS) is 17.1. The van der Waals surface area contributed by atoms with Gasteiger partial charge < -0.3 is 19.7 Å². The molecule has 1 aromatic heterocycles. The largest absolute Gasteiger partial charge is 0.492 e. The predicted octanol–water partition coefficient (Wildman–Crippen LogP) is 4.92. The number of morpholine rings is 1. The first-order valence-electron chi connectivity index (χ1n) is 13.0. The molecule has 2 aliphatic heterocycles. The van der Waals surface area contributed by atoms with Gasteiger partial charge in [0.1, 0.15) is 24.0 Å². The second-order valence-electron chi connectivity index (χ2n) is 9.35. The van der Waals surface area contributed by atoms with E-state index in [1.54, 1.807) is 16.8 Å². The number of alkyl halides is 3. The highest BCUT2D eigenvalue weighted by molar-refractivity contribution is 7.97. The molecule has 5 rings (SSSR count). The number of hydrogen-bond donors (Lipinski definition) is 1. The topological polar surface area (TPSA) is 66.0 Å². The SMILES string of the molecule is Fc1ccc(Nc2cc(C(F)(F)F)nc(N3CCN(Sc4ccc(OCCN5CCOCC5)cc4)CC3)n2)cc1. The van der Waals surface area contributed by atoms with Crippen molar-refractivity contribution < 1.29 is 27.0 Å². The van der Waals surface area contributed by atoms with Crippen molar-refractivity contribution in [3.05, 3.63) is 66.1 Å². The van der Waals surface area contributed by atoms with E-state index in [2.05, 4.69) is 24.5 Å². The Hall–Kier alpha value is -3.13. The van der Waals surface area contributed by atoms with Crippen LogP contribution in [0.15, 0.2) is 59.5 Å². The van der Waals surface area contributed by atoms with Crippen LogP contribution in [-0.2, 0) is 10.9 Å². The first kappa shape index (κ1) is 28.4. The van der Waals surface area contributed by atoms with Gasteiger partial charge in [0.2, 0.25) is 5.95 Å². The van der Waals surface area contributed by atoms with Crippen molar-refractivity contribution in [2.24, 2.45) is 0 Å². The summed E-state index contributed by atoms with van der Waals surface area (Å²) in [6, 6.07) is 14.1. The summed E-state index contributed by atoms with van der Waals surface area (Å²) in [7, 11) is 0. The van der Waals surface area contributed by atoms with E-state index in [0.717, 1.165) is 49.6 Å². The van der Waals surface area contributed by atoms with E-state index in [4.69, 9.17) is 9.47 Å². The summed E-state index contributed by atoms with van der Waals surface area (Å²) in [6.07, 6.45) is -4.63. The van der Waals surface area contributed by atoms with Crippen molar-refractivity contribution in [2.45, 2.75) is 11.1 Å². The van der Waals surface area contributed by atoms with Crippen LogP contribution in [0.5, 0.6) is 5.75 Å². The fourth-order valence-corrected chi connectivity index (χ4v) is 5.21.